The van der Waals surface area contributed by atoms with Gasteiger partial charge in [0.05, 0.1) is 6.42 Å². The monoisotopic (exact) mass is 290 g/mol. The van der Waals surface area contributed by atoms with Crippen LogP contribution in [0.15, 0.2) is 23.3 Å². The van der Waals surface area contributed by atoms with Crippen LogP contribution in [-0.2, 0) is 11.3 Å². The number of fused-ring (bicyclic) bond motifs is 3. The van der Waals surface area contributed by atoms with Crippen LogP contribution in [0.25, 0.3) is 4.91 Å². The second-order valence-electron chi connectivity index (χ2n) is 5.24. The number of aromatic nitrogens is 1. The topological polar surface area (TPSA) is 54.6 Å². The zero-order valence-corrected chi connectivity index (χ0v) is 12.3. The van der Waals surface area contributed by atoms with E-state index >= 15 is 0 Å². The summed E-state index contributed by atoms with van der Waals surface area (Å²) < 4.78 is 2.22. The summed E-state index contributed by atoms with van der Waals surface area (Å²) in [6.07, 6.45) is 9.15. The summed E-state index contributed by atoms with van der Waals surface area (Å²) in [6.45, 7) is 0.944. The Hall–Kier alpha value is -1.49. The molecule has 1 N–H and O–H groups in total. The lowest BCUT2D eigenvalue weighted by molar-refractivity contribution is -0.137. The molecule has 0 saturated heterocycles. The fraction of sp³-hybridized carbons (Fsp3) is 0.467. The van der Waals surface area contributed by atoms with E-state index in [4.69, 9.17) is 5.11 Å². The normalized spacial score (nSPS) is 20.9. The second kappa shape index (κ2) is 5.48. The summed E-state index contributed by atoms with van der Waals surface area (Å²) in [5, 5.41) is 10.3. The number of carboxylic acid groups (broad SMARTS) is 1. The highest BCUT2D eigenvalue weighted by molar-refractivity contribution is 8.07. The largest absolute Gasteiger partial charge is 0.481 e. The molecule has 2 aliphatic heterocycles. The van der Waals surface area contributed by atoms with Gasteiger partial charge in [0.2, 0.25) is 0 Å². The third kappa shape index (κ3) is 2.30. The van der Waals surface area contributed by atoms with Crippen molar-refractivity contribution in [3.05, 3.63) is 34.7 Å². The van der Waals surface area contributed by atoms with Crippen LogP contribution in [0.1, 0.15) is 37.3 Å². The van der Waals surface area contributed by atoms with Gasteiger partial charge < -0.3 is 9.67 Å². The Balaban J connectivity index is 2.19. The fourth-order valence-corrected chi connectivity index (χ4v) is 3.76. The Morgan fingerprint density at radius 3 is 3.20 bits per heavy atom. The van der Waals surface area contributed by atoms with Gasteiger partial charge in [-0.05, 0) is 36.5 Å². The maximum Gasteiger partial charge on any atom is 0.304 e. The molecule has 1 atom stereocenters. The smallest absolute Gasteiger partial charge is 0.304 e. The molecule has 1 aromatic rings. The highest BCUT2D eigenvalue weighted by Gasteiger charge is 2.24. The van der Waals surface area contributed by atoms with Crippen molar-refractivity contribution in [3.63, 3.8) is 0 Å². The third-order valence-corrected chi connectivity index (χ3v) is 4.91. The first-order chi connectivity index (χ1) is 9.70. The molecule has 0 radical (unpaired) electrons. The van der Waals surface area contributed by atoms with Gasteiger partial charge in [-0.2, -0.15) is 0 Å². The van der Waals surface area contributed by atoms with Gasteiger partial charge in [-0.1, -0.05) is 6.08 Å². The third-order valence-electron chi connectivity index (χ3n) is 4.03. The van der Waals surface area contributed by atoms with Crippen molar-refractivity contribution in [3.8, 4) is 0 Å². The van der Waals surface area contributed by atoms with Gasteiger partial charge in [-0.3, -0.25) is 4.79 Å². The van der Waals surface area contributed by atoms with Crippen molar-refractivity contribution in [2.45, 2.75) is 38.1 Å². The first-order valence-electron chi connectivity index (χ1n) is 6.92. The number of aliphatic carboxylic acids is 1. The predicted molar refractivity (Wildman–Crippen MR) is 80.1 cm³/mol. The lowest BCUT2D eigenvalue weighted by Crippen LogP contribution is -2.32. The highest BCUT2D eigenvalue weighted by Crippen LogP contribution is 2.29. The summed E-state index contributed by atoms with van der Waals surface area (Å²) in [7, 11) is 0. The summed E-state index contributed by atoms with van der Waals surface area (Å²) >= 11 is 1.76. The number of allylic oxidation sites excluding steroid dienone is 1. The minimum Gasteiger partial charge on any atom is -0.481 e. The van der Waals surface area contributed by atoms with Gasteiger partial charge in [0.15, 0.2) is 0 Å². The van der Waals surface area contributed by atoms with Gasteiger partial charge in [-0.15, -0.1) is 11.8 Å². The van der Waals surface area contributed by atoms with Crippen LogP contribution in [0.4, 0.5) is 0 Å². The lowest BCUT2D eigenvalue weighted by Gasteiger charge is -2.23. The average molecular weight is 290 g/mol. The van der Waals surface area contributed by atoms with E-state index in [0.29, 0.717) is 0 Å². The molecule has 0 bridgehead atoms. The van der Waals surface area contributed by atoms with Crippen molar-refractivity contribution in [1.82, 2.24) is 4.57 Å². The quantitative estimate of drug-likeness (QED) is 0.924. The van der Waals surface area contributed by atoms with Gasteiger partial charge in [0, 0.05) is 29.6 Å². The zero-order valence-electron chi connectivity index (χ0n) is 11.5. The number of nitrogens with zero attached hydrogens (tertiary/aromatic N) is 2. The molecule has 0 amide bonds. The van der Waals surface area contributed by atoms with Crippen molar-refractivity contribution < 1.29 is 9.90 Å². The minimum absolute atomic E-state index is 0.121. The molecule has 2 aliphatic rings. The van der Waals surface area contributed by atoms with Crippen molar-refractivity contribution in [1.29, 1.82) is 0 Å². The number of carbonyl (C=O) groups is 1. The summed E-state index contributed by atoms with van der Waals surface area (Å²) in [6, 6.07) is 2.17. The minimum atomic E-state index is -0.717. The van der Waals surface area contributed by atoms with Gasteiger partial charge >= 0.3 is 5.97 Å². The van der Waals surface area contributed by atoms with E-state index in [0.717, 1.165) is 37.0 Å². The van der Waals surface area contributed by atoms with E-state index in [2.05, 4.69) is 28.0 Å². The van der Waals surface area contributed by atoms with Gasteiger partial charge in [0.1, 0.15) is 5.49 Å². The molecule has 3 rings (SSSR count). The maximum absolute atomic E-state index is 11.0. The van der Waals surface area contributed by atoms with E-state index in [1.165, 1.54) is 10.1 Å². The molecule has 1 aromatic heterocycles. The van der Waals surface area contributed by atoms with Crippen LogP contribution in [-0.4, -0.2) is 21.9 Å². The molecule has 5 heteroatoms. The fourth-order valence-electron chi connectivity index (χ4n) is 3.12. The van der Waals surface area contributed by atoms with Crippen LogP contribution in [0.3, 0.4) is 0 Å². The van der Waals surface area contributed by atoms with Gasteiger partial charge in [-0.25, -0.2) is 4.99 Å². The second-order valence-corrected chi connectivity index (χ2v) is 6.14. The Morgan fingerprint density at radius 2 is 2.45 bits per heavy atom. The summed E-state index contributed by atoms with van der Waals surface area (Å²) in [5.41, 5.74) is 2.16. The van der Waals surface area contributed by atoms with Crippen molar-refractivity contribution in [2.24, 2.45) is 4.99 Å². The van der Waals surface area contributed by atoms with E-state index in [1.807, 2.05) is 6.20 Å². The molecule has 3 heterocycles. The Morgan fingerprint density at radius 1 is 1.60 bits per heavy atom. The Kier molecular flexibility index (Phi) is 3.70. The standard InChI is InChI=1S/C15H18N2O2S/c1-20-13-5-2-6-16-15-11(13)9-12-10(8-14(18)19)4-3-7-17(12)15/h2,6,9-10H,3-5,7-8H2,1H3,(H,18,19). The van der Waals surface area contributed by atoms with E-state index in [9.17, 15) is 4.79 Å². The number of rotatable bonds is 3. The molecule has 0 aliphatic carbocycles. The Labute approximate surface area is 121 Å². The number of thioether (sulfide) groups is 1. The SMILES string of the molecule is CSC1=c2cc3n(c2=NC=CC1)CCCC3CC(=O)O. The van der Waals surface area contributed by atoms with E-state index in [-0.39, 0.29) is 12.3 Å². The molecule has 0 spiro atoms. The van der Waals surface area contributed by atoms with Crippen molar-refractivity contribution >= 4 is 22.6 Å². The first kappa shape index (κ1) is 13.5. The van der Waals surface area contributed by atoms with Crippen LogP contribution in [0.2, 0.25) is 0 Å². The van der Waals surface area contributed by atoms with Crippen LogP contribution < -0.4 is 10.7 Å². The predicted octanol–water partition coefficient (Wildman–Crippen LogP) is 1.85. The number of hydrogen-bond acceptors (Lipinski definition) is 3. The average Bonchev–Trinajstić information content (AvgIpc) is 2.66. The molecule has 106 valence electrons. The zero-order chi connectivity index (χ0) is 14.1. The summed E-state index contributed by atoms with van der Waals surface area (Å²) in [5.74, 6) is -0.596. The summed E-state index contributed by atoms with van der Waals surface area (Å²) in [4.78, 5) is 16.9. The first-order valence-corrected chi connectivity index (χ1v) is 8.14. The van der Waals surface area contributed by atoms with Gasteiger partial charge in [0.25, 0.3) is 0 Å². The highest BCUT2D eigenvalue weighted by atomic mass is 32.2. The molecule has 1 unspecified atom stereocenters. The molecule has 0 saturated carbocycles. The molecular weight excluding hydrogens is 272 g/mol. The van der Waals surface area contributed by atoms with Crippen molar-refractivity contribution in [2.75, 3.05) is 6.26 Å². The molecular formula is C15H18N2O2S. The molecule has 0 aromatic carbocycles. The van der Waals surface area contributed by atoms with Crippen LogP contribution in [0, 0.1) is 0 Å². The van der Waals surface area contributed by atoms with E-state index < -0.39 is 5.97 Å². The van der Waals surface area contributed by atoms with E-state index in [1.54, 1.807) is 11.8 Å². The molecule has 4 nitrogen and oxygen atoms in total. The number of carboxylic acids is 1. The molecule has 0 fully saturated rings. The molecule has 20 heavy (non-hydrogen) atoms. The Bertz CT molecular complexity index is 687. The maximum atomic E-state index is 11.0. The van der Waals surface area contributed by atoms with Crippen LogP contribution in [0.5, 0.6) is 0 Å². The lowest BCUT2D eigenvalue weighted by atomic mass is 9.93. The number of hydrogen-bond donors (Lipinski definition) is 1. The van der Waals surface area contributed by atoms with Crippen LogP contribution >= 0.6 is 11.8 Å².